The van der Waals surface area contributed by atoms with E-state index in [1.165, 1.54) is 30.4 Å². The summed E-state index contributed by atoms with van der Waals surface area (Å²) in [4.78, 5) is 2.42. The zero-order chi connectivity index (χ0) is 13.8. The van der Waals surface area contributed by atoms with Crippen molar-refractivity contribution in [1.29, 1.82) is 0 Å². The lowest BCUT2D eigenvalue weighted by Gasteiger charge is -2.23. The summed E-state index contributed by atoms with van der Waals surface area (Å²) in [5.41, 5.74) is 3.61. The van der Waals surface area contributed by atoms with Crippen molar-refractivity contribution in [3.05, 3.63) is 34.9 Å². The first-order valence-corrected chi connectivity index (χ1v) is 7.54. The minimum Gasteiger partial charge on any atom is -0.387 e. The van der Waals surface area contributed by atoms with Crippen molar-refractivity contribution < 1.29 is 5.11 Å². The minimum atomic E-state index is -0.354. The minimum absolute atomic E-state index is 0.354. The summed E-state index contributed by atoms with van der Waals surface area (Å²) in [6, 6.07) is 6.30. The molecule has 106 valence electrons. The predicted octanol–water partition coefficient (Wildman–Crippen LogP) is 3.46. The Morgan fingerprint density at radius 3 is 2.74 bits per heavy atom. The van der Waals surface area contributed by atoms with Crippen molar-refractivity contribution in [1.82, 2.24) is 4.90 Å². The van der Waals surface area contributed by atoms with E-state index < -0.39 is 0 Å². The number of rotatable bonds is 3. The van der Waals surface area contributed by atoms with Crippen LogP contribution in [-0.4, -0.2) is 29.6 Å². The summed E-state index contributed by atoms with van der Waals surface area (Å²) in [6.07, 6.45) is 3.50. The lowest BCUT2D eigenvalue weighted by Crippen LogP contribution is -2.29. The topological polar surface area (TPSA) is 23.5 Å². The van der Waals surface area contributed by atoms with E-state index in [9.17, 15) is 5.11 Å². The fourth-order valence-corrected chi connectivity index (χ4v) is 2.83. The average molecular weight is 261 g/mol. The number of aliphatic hydroxyl groups is 1. The molecular weight excluding hydrogens is 234 g/mol. The second-order valence-electron chi connectivity index (χ2n) is 6.20. The van der Waals surface area contributed by atoms with Gasteiger partial charge in [-0.3, -0.25) is 0 Å². The van der Waals surface area contributed by atoms with Gasteiger partial charge in [0.15, 0.2) is 0 Å². The van der Waals surface area contributed by atoms with E-state index in [0.29, 0.717) is 0 Å². The van der Waals surface area contributed by atoms with Gasteiger partial charge in [-0.2, -0.15) is 0 Å². The molecule has 1 aromatic carbocycles. The Labute approximate surface area is 117 Å². The number of likely N-dealkylation sites (tertiary alicyclic amines) is 1. The summed E-state index contributed by atoms with van der Waals surface area (Å²) in [5.74, 6) is 0.837. The van der Waals surface area contributed by atoms with Crippen LogP contribution in [0.4, 0.5) is 0 Å². The van der Waals surface area contributed by atoms with E-state index in [4.69, 9.17) is 0 Å². The molecule has 1 saturated heterocycles. The molecule has 0 aliphatic carbocycles. The number of aryl methyl sites for hydroxylation is 2. The van der Waals surface area contributed by atoms with E-state index in [2.05, 4.69) is 43.9 Å². The Balaban J connectivity index is 1.96. The molecule has 0 amide bonds. The monoisotopic (exact) mass is 261 g/mol. The van der Waals surface area contributed by atoms with E-state index in [1.807, 2.05) is 0 Å². The van der Waals surface area contributed by atoms with Crippen LogP contribution in [0.25, 0.3) is 0 Å². The van der Waals surface area contributed by atoms with Crippen LogP contribution in [0, 0.1) is 19.8 Å². The number of benzene rings is 1. The van der Waals surface area contributed by atoms with Crippen LogP contribution in [0.2, 0.25) is 0 Å². The third-order valence-electron chi connectivity index (χ3n) is 4.46. The Morgan fingerprint density at radius 1 is 1.21 bits per heavy atom. The zero-order valence-corrected chi connectivity index (χ0v) is 12.5. The second kappa shape index (κ2) is 6.53. The number of hydrogen-bond acceptors (Lipinski definition) is 2. The van der Waals surface area contributed by atoms with Crippen molar-refractivity contribution in [2.75, 3.05) is 19.6 Å². The van der Waals surface area contributed by atoms with Crippen LogP contribution in [-0.2, 0) is 0 Å². The van der Waals surface area contributed by atoms with E-state index in [-0.39, 0.29) is 6.10 Å². The third-order valence-corrected chi connectivity index (χ3v) is 4.46. The maximum absolute atomic E-state index is 10.4. The van der Waals surface area contributed by atoms with Crippen molar-refractivity contribution in [2.24, 2.45) is 5.92 Å². The van der Waals surface area contributed by atoms with E-state index in [0.717, 1.165) is 31.1 Å². The normalized spacial score (nSPS) is 23.1. The molecule has 0 radical (unpaired) electrons. The highest BCUT2D eigenvalue weighted by Crippen LogP contribution is 2.21. The highest BCUT2D eigenvalue weighted by molar-refractivity contribution is 5.31. The van der Waals surface area contributed by atoms with Gasteiger partial charge in [-0.05, 0) is 68.8 Å². The SMILES string of the molecule is Cc1ccc(C(O)CN2CCCC(C)CC2)cc1C. The first-order chi connectivity index (χ1) is 9.06. The summed E-state index contributed by atoms with van der Waals surface area (Å²) in [6.45, 7) is 9.59. The molecule has 0 spiro atoms. The third kappa shape index (κ3) is 4.05. The van der Waals surface area contributed by atoms with Gasteiger partial charge in [-0.1, -0.05) is 25.1 Å². The lowest BCUT2D eigenvalue weighted by molar-refractivity contribution is 0.114. The molecular formula is C17H27NO. The molecule has 2 rings (SSSR count). The molecule has 19 heavy (non-hydrogen) atoms. The number of nitrogens with zero attached hydrogens (tertiary/aromatic N) is 1. The van der Waals surface area contributed by atoms with Crippen LogP contribution in [0.15, 0.2) is 18.2 Å². The molecule has 2 atom stereocenters. The van der Waals surface area contributed by atoms with Gasteiger partial charge in [0.25, 0.3) is 0 Å². The molecule has 1 N–H and O–H groups in total. The average Bonchev–Trinajstić information content (AvgIpc) is 2.58. The molecule has 2 heteroatoms. The summed E-state index contributed by atoms with van der Waals surface area (Å²) < 4.78 is 0. The number of aliphatic hydroxyl groups excluding tert-OH is 1. The maximum atomic E-state index is 10.4. The molecule has 0 bridgehead atoms. The Hall–Kier alpha value is -0.860. The molecule has 0 saturated carbocycles. The van der Waals surface area contributed by atoms with Gasteiger partial charge < -0.3 is 10.0 Å². The van der Waals surface area contributed by atoms with E-state index in [1.54, 1.807) is 0 Å². The number of β-amino-alcohol motifs (C(OH)–C–C–N with tert-alkyl or cyclic N) is 1. The van der Waals surface area contributed by atoms with Crippen LogP contribution < -0.4 is 0 Å². The van der Waals surface area contributed by atoms with Crippen molar-refractivity contribution in [2.45, 2.75) is 46.1 Å². The largest absolute Gasteiger partial charge is 0.387 e. The van der Waals surface area contributed by atoms with Crippen LogP contribution >= 0.6 is 0 Å². The first kappa shape index (κ1) is 14.5. The van der Waals surface area contributed by atoms with Crippen molar-refractivity contribution in [3.63, 3.8) is 0 Å². The van der Waals surface area contributed by atoms with Gasteiger partial charge >= 0.3 is 0 Å². The zero-order valence-electron chi connectivity index (χ0n) is 12.5. The van der Waals surface area contributed by atoms with Gasteiger partial charge in [0.2, 0.25) is 0 Å². The van der Waals surface area contributed by atoms with Gasteiger partial charge in [0.1, 0.15) is 0 Å². The van der Waals surface area contributed by atoms with Crippen molar-refractivity contribution in [3.8, 4) is 0 Å². The molecule has 1 aliphatic rings. The Morgan fingerprint density at radius 2 is 2.00 bits per heavy atom. The standard InChI is InChI=1S/C17H27NO/c1-13-5-4-9-18(10-8-13)12-17(19)16-7-6-14(2)15(3)11-16/h6-7,11,13,17,19H,4-5,8-10,12H2,1-3H3. The van der Waals surface area contributed by atoms with Gasteiger partial charge in [-0.15, -0.1) is 0 Å². The first-order valence-electron chi connectivity index (χ1n) is 7.54. The Kier molecular flexibility index (Phi) is 5.00. The molecule has 1 aliphatic heterocycles. The van der Waals surface area contributed by atoms with Crippen LogP contribution in [0.1, 0.15) is 49.0 Å². The molecule has 1 fully saturated rings. The number of hydrogen-bond donors (Lipinski definition) is 1. The predicted molar refractivity (Wildman–Crippen MR) is 80.3 cm³/mol. The van der Waals surface area contributed by atoms with Gasteiger partial charge in [0, 0.05) is 6.54 Å². The summed E-state index contributed by atoms with van der Waals surface area (Å²) >= 11 is 0. The highest BCUT2D eigenvalue weighted by atomic mass is 16.3. The molecule has 1 heterocycles. The molecule has 2 unspecified atom stereocenters. The lowest BCUT2D eigenvalue weighted by atomic mass is 10.0. The van der Waals surface area contributed by atoms with Gasteiger partial charge in [0.05, 0.1) is 6.10 Å². The van der Waals surface area contributed by atoms with Crippen LogP contribution in [0.3, 0.4) is 0 Å². The highest BCUT2D eigenvalue weighted by Gasteiger charge is 2.17. The quantitative estimate of drug-likeness (QED) is 0.900. The Bertz CT molecular complexity index is 416. The summed E-state index contributed by atoms with van der Waals surface area (Å²) in [7, 11) is 0. The summed E-state index contributed by atoms with van der Waals surface area (Å²) in [5, 5.41) is 10.4. The van der Waals surface area contributed by atoms with E-state index >= 15 is 0 Å². The van der Waals surface area contributed by atoms with Gasteiger partial charge in [-0.25, -0.2) is 0 Å². The smallest absolute Gasteiger partial charge is 0.0917 e. The molecule has 2 nitrogen and oxygen atoms in total. The van der Waals surface area contributed by atoms with Crippen LogP contribution in [0.5, 0.6) is 0 Å². The second-order valence-corrected chi connectivity index (χ2v) is 6.20. The maximum Gasteiger partial charge on any atom is 0.0917 e. The molecule has 1 aromatic rings. The van der Waals surface area contributed by atoms with Crippen molar-refractivity contribution >= 4 is 0 Å². The molecule has 0 aromatic heterocycles. The fraction of sp³-hybridized carbons (Fsp3) is 0.647. The fourth-order valence-electron chi connectivity index (χ4n) is 2.83.